The Morgan fingerprint density at radius 1 is 0.943 bits per heavy atom. The monoisotopic (exact) mass is 749 g/mol. The van der Waals surface area contributed by atoms with E-state index >= 15 is 0 Å². The van der Waals surface area contributed by atoms with Crippen LogP contribution >= 0.6 is 11.3 Å². The fraction of sp³-hybridized carbons (Fsp3) is 0.541. The van der Waals surface area contributed by atoms with E-state index in [0.29, 0.717) is 24.4 Å². The van der Waals surface area contributed by atoms with Crippen LogP contribution in [0.5, 0.6) is 0 Å². The zero-order valence-electron chi connectivity index (χ0n) is 31.1. The van der Waals surface area contributed by atoms with E-state index in [1.165, 1.54) is 33.1 Å². The number of aromatic amines is 1. The molecule has 5 rings (SSSR count). The number of piperidine rings is 1. The largest absolute Gasteiger partial charge is 0.361 e. The summed E-state index contributed by atoms with van der Waals surface area (Å²) in [6.45, 7) is 6.58. The van der Waals surface area contributed by atoms with Crippen molar-refractivity contribution in [2.75, 3.05) is 53.4 Å². The summed E-state index contributed by atoms with van der Waals surface area (Å²) in [6, 6.07) is 5.10. The number of nitrogens with one attached hydrogen (secondary N) is 5. The molecule has 6 amide bonds. The molecule has 3 aromatic rings. The Kier molecular flexibility index (Phi) is 13.2. The molecule has 0 radical (unpaired) electrons. The van der Waals surface area contributed by atoms with Gasteiger partial charge in [-0.25, -0.2) is 4.98 Å². The van der Waals surface area contributed by atoms with Gasteiger partial charge in [-0.1, -0.05) is 32.0 Å². The van der Waals surface area contributed by atoms with Gasteiger partial charge in [0.25, 0.3) is 5.91 Å². The number of carbonyl (C=O) groups is 6. The Bertz CT molecular complexity index is 1800. The molecule has 16 heteroatoms. The molecule has 0 spiro atoms. The highest BCUT2D eigenvalue weighted by Gasteiger charge is 2.32. The van der Waals surface area contributed by atoms with Crippen LogP contribution in [0.1, 0.15) is 67.1 Å². The molecule has 2 aliphatic heterocycles. The van der Waals surface area contributed by atoms with Crippen LogP contribution in [0.3, 0.4) is 0 Å². The number of nitrogens with zero attached hydrogens (tertiary/aromatic N) is 4. The number of hydrogen-bond donors (Lipinski definition) is 5. The summed E-state index contributed by atoms with van der Waals surface area (Å²) in [5.74, 6) is -2.72. The molecule has 286 valence electrons. The maximum absolute atomic E-state index is 13.9. The number of H-pyrrole nitrogens is 1. The van der Waals surface area contributed by atoms with Gasteiger partial charge in [-0.05, 0) is 50.3 Å². The number of thiazole rings is 1. The second-order valence-corrected chi connectivity index (χ2v) is 15.3. The van der Waals surface area contributed by atoms with Gasteiger partial charge in [-0.2, -0.15) is 0 Å². The highest BCUT2D eigenvalue weighted by atomic mass is 32.1. The van der Waals surface area contributed by atoms with Crippen molar-refractivity contribution in [3.8, 4) is 0 Å². The number of hydrogen-bond acceptors (Lipinski definition) is 9. The Morgan fingerprint density at radius 2 is 1.70 bits per heavy atom. The first-order valence-electron chi connectivity index (χ1n) is 18.2. The second kappa shape index (κ2) is 17.8. The van der Waals surface area contributed by atoms with Crippen LogP contribution in [-0.2, 0) is 30.4 Å². The SMILES string of the molecule is CC(C)C[C@@H]1NC(=O)CN(C(=O)[C@H]2CCCNC2)CCN(C)C(=O)[C@H](C)NC(=O)CN(C)C(=O)[C@@H](Cc2c[nH]c3ccccc23)NC(=O)c2csc1n2. The molecule has 1 saturated heterocycles. The number of carbonyl (C=O) groups excluding carboxylic acids is 6. The summed E-state index contributed by atoms with van der Waals surface area (Å²) < 4.78 is 0. The molecule has 2 bridgehead atoms. The number of aromatic nitrogens is 2. The van der Waals surface area contributed by atoms with Crippen LogP contribution in [0.2, 0.25) is 0 Å². The summed E-state index contributed by atoms with van der Waals surface area (Å²) in [4.78, 5) is 93.5. The Balaban J connectivity index is 1.45. The van der Waals surface area contributed by atoms with Gasteiger partial charge < -0.3 is 41.0 Å². The van der Waals surface area contributed by atoms with Crippen LogP contribution in [0.4, 0.5) is 0 Å². The van der Waals surface area contributed by atoms with E-state index in [2.05, 4.69) is 31.2 Å². The van der Waals surface area contributed by atoms with Crippen LogP contribution in [0.15, 0.2) is 35.8 Å². The van der Waals surface area contributed by atoms with Gasteiger partial charge in [-0.15, -0.1) is 11.3 Å². The first kappa shape index (κ1) is 39.4. The van der Waals surface area contributed by atoms with E-state index in [-0.39, 0.29) is 61.9 Å². The molecule has 5 N–H and O–H groups in total. The van der Waals surface area contributed by atoms with Crippen molar-refractivity contribution in [2.45, 2.75) is 64.6 Å². The average Bonchev–Trinajstić information content (AvgIpc) is 3.79. The van der Waals surface area contributed by atoms with Crippen LogP contribution < -0.4 is 21.3 Å². The van der Waals surface area contributed by atoms with Gasteiger partial charge in [0.1, 0.15) is 22.8 Å². The molecule has 1 fully saturated rings. The molecule has 0 saturated carbocycles. The minimum Gasteiger partial charge on any atom is -0.361 e. The van der Waals surface area contributed by atoms with Crippen molar-refractivity contribution in [3.63, 3.8) is 0 Å². The van der Waals surface area contributed by atoms with Crippen molar-refractivity contribution < 1.29 is 28.8 Å². The fourth-order valence-corrected chi connectivity index (χ4v) is 7.68. The number of likely N-dealkylation sites (N-methyl/N-ethyl adjacent to an activating group) is 2. The molecule has 2 aliphatic rings. The van der Waals surface area contributed by atoms with Crippen molar-refractivity contribution >= 4 is 57.7 Å². The van der Waals surface area contributed by atoms with Crippen molar-refractivity contribution in [3.05, 3.63) is 52.1 Å². The van der Waals surface area contributed by atoms with E-state index in [9.17, 15) is 28.8 Å². The number of fused-ring (bicyclic) bond motifs is 3. The molecular weight excluding hydrogens is 699 g/mol. The fourth-order valence-electron chi connectivity index (χ4n) is 6.82. The summed E-state index contributed by atoms with van der Waals surface area (Å²) in [7, 11) is 3.05. The minimum atomic E-state index is -1.06. The molecule has 4 atom stereocenters. The minimum absolute atomic E-state index is 0.0907. The molecule has 4 heterocycles. The normalized spacial score (nSPS) is 23.4. The number of amides is 6. The summed E-state index contributed by atoms with van der Waals surface area (Å²) in [5, 5.41) is 14.8. The third kappa shape index (κ3) is 10.2. The topological polar surface area (TPSA) is 189 Å². The molecule has 0 unspecified atom stereocenters. The summed E-state index contributed by atoms with van der Waals surface area (Å²) in [5.41, 5.74) is 1.77. The van der Waals surface area contributed by atoms with E-state index in [0.717, 1.165) is 29.4 Å². The number of benzene rings is 1. The predicted molar refractivity (Wildman–Crippen MR) is 201 cm³/mol. The lowest BCUT2D eigenvalue weighted by atomic mass is 9.98. The Labute approximate surface area is 313 Å². The zero-order chi connectivity index (χ0) is 38.2. The second-order valence-electron chi connectivity index (χ2n) is 14.5. The molecular formula is C37H51N9O6S. The highest BCUT2D eigenvalue weighted by Crippen LogP contribution is 2.26. The van der Waals surface area contributed by atoms with Gasteiger partial charge in [0.15, 0.2) is 0 Å². The number of rotatable bonds is 5. The molecule has 15 nitrogen and oxygen atoms in total. The third-order valence-electron chi connectivity index (χ3n) is 9.68. The molecule has 2 aromatic heterocycles. The van der Waals surface area contributed by atoms with Gasteiger partial charge in [-0.3, -0.25) is 28.8 Å². The molecule has 1 aromatic carbocycles. The summed E-state index contributed by atoms with van der Waals surface area (Å²) in [6.07, 6.45) is 3.99. The van der Waals surface area contributed by atoms with Gasteiger partial charge in [0.05, 0.1) is 25.0 Å². The first-order chi connectivity index (χ1) is 25.3. The lowest BCUT2D eigenvalue weighted by molar-refractivity contribution is -0.141. The standard InChI is InChI=1S/C37H51N9O6S/c1-22(2)15-28-34-43-30(21-53-34)33(49)42-29(16-25-18-39-27-11-7-6-10-26(25)27)37(52)45(5)19-31(47)40-23(3)35(50)44(4)13-14-46(20-32(48)41-28)36(51)24-9-8-12-38-17-24/h6-7,10-11,18,21-24,28-29,38-39H,8-9,12-17,19-20H2,1-5H3,(H,40,47)(H,41,48)(H,42,49)/t23-,24-,28-,29+/m0/s1. The lowest BCUT2D eigenvalue weighted by Crippen LogP contribution is -2.53. The Morgan fingerprint density at radius 3 is 2.43 bits per heavy atom. The maximum Gasteiger partial charge on any atom is 0.271 e. The average molecular weight is 750 g/mol. The van der Waals surface area contributed by atoms with Crippen molar-refractivity contribution in [2.24, 2.45) is 11.8 Å². The van der Waals surface area contributed by atoms with Gasteiger partial charge in [0.2, 0.25) is 29.5 Å². The predicted octanol–water partition coefficient (Wildman–Crippen LogP) is 1.43. The van der Waals surface area contributed by atoms with E-state index in [4.69, 9.17) is 0 Å². The zero-order valence-corrected chi connectivity index (χ0v) is 31.9. The Hall–Kier alpha value is -4.83. The summed E-state index contributed by atoms with van der Waals surface area (Å²) >= 11 is 1.23. The van der Waals surface area contributed by atoms with Gasteiger partial charge >= 0.3 is 0 Å². The van der Waals surface area contributed by atoms with Crippen molar-refractivity contribution in [1.29, 1.82) is 0 Å². The van der Waals surface area contributed by atoms with Crippen LogP contribution in [0.25, 0.3) is 10.9 Å². The lowest BCUT2D eigenvalue weighted by Gasteiger charge is -2.31. The highest BCUT2D eigenvalue weighted by molar-refractivity contribution is 7.09. The molecule has 53 heavy (non-hydrogen) atoms. The smallest absolute Gasteiger partial charge is 0.271 e. The van der Waals surface area contributed by atoms with Crippen LogP contribution in [0, 0.1) is 11.8 Å². The van der Waals surface area contributed by atoms with Crippen LogP contribution in [-0.4, -0.2) is 126 Å². The number of para-hydroxylation sites is 1. The van der Waals surface area contributed by atoms with E-state index in [1.807, 2.05) is 38.1 Å². The van der Waals surface area contributed by atoms with Gasteiger partial charge in [0, 0.05) is 62.6 Å². The quantitative estimate of drug-likeness (QED) is 0.259. The maximum atomic E-state index is 13.9. The molecule has 0 aliphatic carbocycles. The first-order valence-corrected chi connectivity index (χ1v) is 19.1. The van der Waals surface area contributed by atoms with Crippen molar-refractivity contribution in [1.82, 2.24) is 45.9 Å². The van der Waals surface area contributed by atoms with E-state index in [1.54, 1.807) is 25.5 Å². The van der Waals surface area contributed by atoms with E-state index < -0.39 is 41.8 Å². The third-order valence-corrected chi connectivity index (χ3v) is 10.6.